The summed E-state index contributed by atoms with van der Waals surface area (Å²) in [6.07, 6.45) is 6.01. The Balaban J connectivity index is 1.20. The van der Waals surface area contributed by atoms with Crippen molar-refractivity contribution in [1.82, 2.24) is 4.90 Å². The summed E-state index contributed by atoms with van der Waals surface area (Å²) in [5.41, 5.74) is 0.625. The van der Waals surface area contributed by atoms with Crippen LogP contribution in [-0.2, 0) is 14.4 Å². The van der Waals surface area contributed by atoms with Crippen LogP contribution in [-0.4, -0.2) is 28.7 Å². The highest BCUT2D eigenvalue weighted by atomic mass is 35.5. The van der Waals surface area contributed by atoms with Crippen molar-refractivity contribution in [3.63, 3.8) is 0 Å². The van der Waals surface area contributed by atoms with Crippen LogP contribution in [0.2, 0.25) is 10.0 Å². The van der Waals surface area contributed by atoms with Gasteiger partial charge >= 0.3 is 0 Å². The van der Waals surface area contributed by atoms with Gasteiger partial charge in [0.2, 0.25) is 17.7 Å². The number of nitrogens with zero attached hydrogens (tertiary/aromatic N) is 1. The van der Waals surface area contributed by atoms with Crippen molar-refractivity contribution in [1.29, 1.82) is 0 Å². The van der Waals surface area contributed by atoms with Crippen molar-refractivity contribution in [2.24, 2.45) is 29.6 Å². The Morgan fingerprint density at radius 2 is 1.52 bits per heavy atom. The van der Waals surface area contributed by atoms with Crippen LogP contribution < -0.4 is 5.32 Å². The number of benzene rings is 1. The predicted octanol–water partition coefficient (Wildman–Crippen LogP) is 4.52. The number of likely N-dealkylation sites (tertiary alicyclic amines) is 1. The molecule has 1 aromatic carbocycles. The van der Waals surface area contributed by atoms with Crippen LogP contribution in [0.25, 0.3) is 0 Å². The van der Waals surface area contributed by atoms with Gasteiger partial charge in [0, 0.05) is 17.6 Å². The molecule has 1 N–H and O–H groups in total. The summed E-state index contributed by atoms with van der Waals surface area (Å²) in [5.74, 6) is 0.681. The van der Waals surface area contributed by atoms with E-state index in [1.165, 1.54) is 0 Å². The van der Waals surface area contributed by atoms with Gasteiger partial charge in [-0.15, -0.1) is 0 Å². The summed E-state index contributed by atoms with van der Waals surface area (Å²) >= 11 is 11.9. The molecule has 3 aliphatic carbocycles. The van der Waals surface area contributed by atoms with Gasteiger partial charge in [0.1, 0.15) is 0 Å². The summed E-state index contributed by atoms with van der Waals surface area (Å²) in [6, 6.07) is 4.98. The summed E-state index contributed by atoms with van der Waals surface area (Å²) < 4.78 is 0. The molecule has 4 unspecified atom stereocenters. The van der Waals surface area contributed by atoms with Crippen molar-refractivity contribution in [3.05, 3.63) is 28.2 Å². The highest BCUT2D eigenvalue weighted by Gasteiger charge is 2.61. The second kappa shape index (κ2) is 7.28. The lowest BCUT2D eigenvalue weighted by Crippen LogP contribution is -2.44. The smallest absolute Gasteiger partial charge is 0.233 e. The Morgan fingerprint density at radius 3 is 2.10 bits per heavy atom. The average Bonchev–Trinajstić information content (AvgIpc) is 3.39. The molecule has 154 valence electrons. The minimum absolute atomic E-state index is 0.0455. The summed E-state index contributed by atoms with van der Waals surface area (Å²) in [7, 11) is 0. The van der Waals surface area contributed by atoms with Gasteiger partial charge in [0.25, 0.3) is 0 Å². The first-order chi connectivity index (χ1) is 13.9. The van der Waals surface area contributed by atoms with E-state index in [1.807, 2.05) is 0 Å². The number of carbonyl (C=O) groups excluding carboxylic acids is 3. The van der Waals surface area contributed by atoms with E-state index >= 15 is 0 Å². The average molecular weight is 435 g/mol. The highest BCUT2D eigenvalue weighted by Crippen LogP contribution is 2.56. The number of nitrogens with one attached hydrogen (secondary N) is 1. The molecule has 5 rings (SSSR count). The van der Waals surface area contributed by atoms with Gasteiger partial charge in [0.15, 0.2) is 0 Å². The van der Waals surface area contributed by atoms with Crippen LogP contribution in [0.1, 0.15) is 44.9 Å². The largest absolute Gasteiger partial charge is 0.326 e. The molecule has 1 aliphatic heterocycles. The molecule has 4 atom stereocenters. The number of rotatable bonds is 3. The van der Waals surface area contributed by atoms with E-state index in [0.717, 1.165) is 19.3 Å². The van der Waals surface area contributed by atoms with Crippen LogP contribution in [0.3, 0.4) is 0 Å². The Labute approximate surface area is 180 Å². The quantitative estimate of drug-likeness (QED) is 0.710. The van der Waals surface area contributed by atoms with Crippen molar-refractivity contribution < 1.29 is 14.4 Å². The molecule has 1 aromatic rings. The third-order valence-corrected chi connectivity index (χ3v) is 8.32. The van der Waals surface area contributed by atoms with Crippen molar-refractivity contribution in [3.8, 4) is 0 Å². The Morgan fingerprint density at radius 1 is 0.897 bits per heavy atom. The molecule has 7 heteroatoms. The molecule has 0 aromatic heterocycles. The molecule has 4 aliphatic rings. The Bertz CT molecular complexity index is 853. The van der Waals surface area contributed by atoms with Gasteiger partial charge in [-0.3, -0.25) is 19.3 Å². The SMILES string of the molecule is O=C(Nc1ccc(Cl)c(Cl)c1)C1CCC(N2C(=O)C3C4CCC(C4)C3C2=O)CC1. The zero-order valence-corrected chi connectivity index (χ0v) is 17.6. The first-order valence-corrected chi connectivity index (χ1v) is 11.3. The minimum Gasteiger partial charge on any atom is -0.326 e. The third-order valence-electron chi connectivity index (χ3n) is 7.58. The lowest BCUT2D eigenvalue weighted by molar-refractivity contribution is -0.144. The molecule has 0 radical (unpaired) electrons. The molecular weight excluding hydrogens is 411 g/mol. The van der Waals surface area contributed by atoms with Crippen LogP contribution in [0.15, 0.2) is 18.2 Å². The normalized spacial score (nSPS) is 35.9. The zero-order chi connectivity index (χ0) is 20.3. The number of fused-ring (bicyclic) bond motifs is 5. The minimum atomic E-state index is -0.121. The number of amides is 3. The second-order valence-corrected chi connectivity index (χ2v) is 9.87. The highest BCUT2D eigenvalue weighted by molar-refractivity contribution is 6.42. The van der Waals surface area contributed by atoms with Gasteiger partial charge in [-0.1, -0.05) is 23.2 Å². The van der Waals surface area contributed by atoms with E-state index in [2.05, 4.69) is 5.32 Å². The fraction of sp³-hybridized carbons (Fsp3) is 0.591. The van der Waals surface area contributed by atoms with Gasteiger partial charge in [-0.05, 0) is 75.0 Å². The third kappa shape index (κ3) is 3.17. The maximum absolute atomic E-state index is 13.0. The van der Waals surface area contributed by atoms with E-state index in [4.69, 9.17) is 23.2 Å². The molecular formula is C22H24Cl2N2O3. The second-order valence-electron chi connectivity index (χ2n) is 9.05. The molecule has 5 nitrogen and oxygen atoms in total. The van der Waals surface area contributed by atoms with Crippen molar-refractivity contribution >= 4 is 46.6 Å². The van der Waals surface area contributed by atoms with E-state index in [9.17, 15) is 14.4 Å². The van der Waals surface area contributed by atoms with Gasteiger partial charge < -0.3 is 5.32 Å². The molecule has 4 fully saturated rings. The fourth-order valence-electron chi connectivity index (χ4n) is 6.21. The molecule has 3 saturated carbocycles. The Kier molecular flexibility index (Phi) is 4.86. The number of carbonyl (C=O) groups is 3. The van der Waals surface area contributed by atoms with Gasteiger partial charge in [0.05, 0.1) is 21.9 Å². The number of hydrogen-bond donors (Lipinski definition) is 1. The number of anilines is 1. The molecule has 2 bridgehead atoms. The van der Waals surface area contributed by atoms with Crippen molar-refractivity contribution in [2.75, 3.05) is 5.32 Å². The van der Waals surface area contributed by atoms with E-state index in [-0.39, 0.29) is 41.5 Å². The van der Waals surface area contributed by atoms with E-state index in [1.54, 1.807) is 23.1 Å². The fourth-order valence-corrected chi connectivity index (χ4v) is 6.50. The van der Waals surface area contributed by atoms with Gasteiger partial charge in [-0.2, -0.15) is 0 Å². The van der Waals surface area contributed by atoms with Crippen LogP contribution in [0, 0.1) is 29.6 Å². The summed E-state index contributed by atoms with van der Waals surface area (Å²) in [5, 5.41) is 3.75. The standard InChI is InChI=1S/C22H24Cl2N2O3/c23-16-8-5-14(10-17(16)24)25-20(27)11-3-6-15(7-4-11)26-21(28)18-12-1-2-13(9-12)19(18)22(26)29/h5,8,10-13,15,18-19H,1-4,6-7,9H2,(H,25,27). The predicted molar refractivity (Wildman–Crippen MR) is 111 cm³/mol. The maximum atomic E-state index is 13.0. The lowest BCUT2D eigenvalue weighted by atomic mass is 9.81. The summed E-state index contributed by atoms with van der Waals surface area (Å²) in [4.78, 5) is 40.2. The molecule has 3 amide bonds. The number of imide groups is 1. The summed E-state index contributed by atoms with van der Waals surface area (Å²) in [6.45, 7) is 0. The zero-order valence-electron chi connectivity index (χ0n) is 16.1. The monoisotopic (exact) mass is 434 g/mol. The number of hydrogen-bond acceptors (Lipinski definition) is 3. The van der Waals surface area contributed by atoms with Crippen LogP contribution in [0.5, 0.6) is 0 Å². The topological polar surface area (TPSA) is 66.5 Å². The molecule has 0 spiro atoms. The molecule has 1 heterocycles. The maximum Gasteiger partial charge on any atom is 0.233 e. The Hall–Kier alpha value is -1.59. The lowest BCUT2D eigenvalue weighted by Gasteiger charge is -2.33. The van der Waals surface area contributed by atoms with Crippen LogP contribution >= 0.6 is 23.2 Å². The van der Waals surface area contributed by atoms with Gasteiger partial charge in [-0.25, -0.2) is 0 Å². The number of halogens is 2. The van der Waals surface area contributed by atoms with Crippen LogP contribution in [0.4, 0.5) is 5.69 Å². The van der Waals surface area contributed by atoms with E-state index in [0.29, 0.717) is 53.3 Å². The molecule has 29 heavy (non-hydrogen) atoms. The van der Waals surface area contributed by atoms with E-state index < -0.39 is 0 Å². The van der Waals surface area contributed by atoms with Crippen molar-refractivity contribution in [2.45, 2.75) is 51.0 Å². The first kappa shape index (κ1) is 19.4. The molecule has 1 saturated heterocycles. The first-order valence-electron chi connectivity index (χ1n) is 10.6.